The summed E-state index contributed by atoms with van der Waals surface area (Å²) in [5, 5.41) is 5.83. The van der Waals surface area contributed by atoms with Crippen molar-refractivity contribution in [3.63, 3.8) is 0 Å². The Morgan fingerprint density at radius 3 is 2.52 bits per heavy atom. The van der Waals surface area contributed by atoms with Crippen LogP contribution in [0.2, 0.25) is 0 Å². The molecule has 0 fully saturated rings. The molecule has 0 bridgehead atoms. The van der Waals surface area contributed by atoms with E-state index in [0.29, 0.717) is 17.1 Å². The number of hydrogen-bond donors (Lipinski definition) is 2. The summed E-state index contributed by atoms with van der Waals surface area (Å²) in [4.78, 5) is 40.5. The summed E-state index contributed by atoms with van der Waals surface area (Å²) in [7, 11) is 6.87. The molecule has 0 spiro atoms. The van der Waals surface area contributed by atoms with Crippen LogP contribution in [0.25, 0.3) is 0 Å². The van der Waals surface area contributed by atoms with Gasteiger partial charge in [0.1, 0.15) is 0 Å². The number of rotatable bonds is 4. The van der Waals surface area contributed by atoms with Crippen molar-refractivity contribution >= 4 is 23.7 Å². The highest BCUT2D eigenvalue weighted by Gasteiger charge is 2.12. The fourth-order valence-electron chi connectivity index (χ4n) is 1.34. The van der Waals surface area contributed by atoms with Gasteiger partial charge in [-0.3, -0.25) is 19.4 Å². The van der Waals surface area contributed by atoms with Crippen LogP contribution in [0, 0.1) is 0 Å². The van der Waals surface area contributed by atoms with Gasteiger partial charge in [-0.25, -0.2) is 0 Å². The van der Waals surface area contributed by atoms with E-state index < -0.39 is 11.1 Å². The van der Waals surface area contributed by atoms with Gasteiger partial charge in [0, 0.05) is 28.2 Å². The maximum Gasteiger partial charge on any atom is 0.339 e. The lowest BCUT2D eigenvalue weighted by molar-refractivity contribution is 0.595. The minimum atomic E-state index is -0.855. The van der Waals surface area contributed by atoms with E-state index in [-0.39, 0.29) is 5.16 Å². The van der Waals surface area contributed by atoms with Gasteiger partial charge in [0.25, 0.3) is 0 Å². The largest absolute Gasteiger partial charge is 0.357 e. The lowest BCUT2D eigenvalue weighted by atomic mass is 10.8. The summed E-state index contributed by atoms with van der Waals surface area (Å²) in [6.45, 7) is 0. The number of hydrogen-bond acceptors (Lipinski definition) is 9. The predicted octanol–water partition coefficient (Wildman–Crippen LogP) is -1.09. The zero-order valence-electron chi connectivity index (χ0n) is 11.9. The lowest BCUT2D eigenvalue weighted by Gasteiger charge is -2.12. The Morgan fingerprint density at radius 2 is 1.90 bits per heavy atom. The molecule has 0 aromatic carbocycles. The first-order chi connectivity index (χ1) is 9.90. The Kier molecular flexibility index (Phi) is 4.21. The molecule has 0 aliphatic carbocycles. The summed E-state index contributed by atoms with van der Waals surface area (Å²) in [5.74, 6) is 0.858. The third-order valence-electron chi connectivity index (χ3n) is 2.36. The van der Waals surface area contributed by atoms with Gasteiger partial charge >= 0.3 is 11.1 Å². The van der Waals surface area contributed by atoms with Crippen molar-refractivity contribution in [1.29, 1.82) is 0 Å². The van der Waals surface area contributed by atoms with Crippen LogP contribution < -0.4 is 21.3 Å². The van der Waals surface area contributed by atoms with Crippen molar-refractivity contribution in [2.24, 2.45) is 7.05 Å². The summed E-state index contributed by atoms with van der Waals surface area (Å²) in [5.41, 5.74) is -1.63. The minimum absolute atomic E-state index is 0.276. The average Bonchev–Trinajstić information content (AvgIpc) is 2.44. The zero-order chi connectivity index (χ0) is 15.6. The van der Waals surface area contributed by atoms with Crippen LogP contribution in [0.4, 0.5) is 11.9 Å². The first-order valence-corrected chi connectivity index (χ1v) is 6.68. The third kappa shape index (κ3) is 3.37. The highest BCUT2D eigenvalue weighted by Crippen LogP contribution is 2.22. The van der Waals surface area contributed by atoms with Crippen LogP contribution in [0.3, 0.4) is 0 Å². The van der Waals surface area contributed by atoms with Gasteiger partial charge in [-0.15, -0.1) is 0 Å². The van der Waals surface area contributed by atoms with Crippen molar-refractivity contribution in [1.82, 2.24) is 29.7 Å². The smallest absolute Gasteiger partial charge is 0.339 e. The molecule has 11 heteroatoms. The number of nitrogens with zero attached hydrogens (tertiary/aromatic N) is 6. The number of aryl methyl sites for hydroxylation is 1. The van der Waals surface area contributed by atoms with Crippen molar-refractivity contribution < 1.29 is 0 Å². The number of nitrogens with one attached hydrogen (secondary N) is 2. The molecule has 0 atom stereocenters. The monoisotopic (exact) mass is 310 g/mol. The molecule has 0 radical (unpaired) electrons. The molecule has 21 heavy (non-hydrogen) atoms. The highest BCUT2D eigenvalue weighted by molar-refractivity contribution is 7.99. The van der Waals surface area contributed by atoms with Crippen LogP contribution >= 0.6 is 11.8 Å². The Hall–Kier alpha value is -2.43. The molecule has 0 aliphatic rings. The molecule has 0 saturated heterocycles. The van der Waals surface area contributed by atoms with Gasteiger partial charge in [-0.2, -0.15) is 19.9 Å². The van der Waals surface area contributed by atoms with E-state index in [9.17, 15) is 9.59 Å². The van der Waals surface area contributed by atoms with E-state index in [4.69, 9.17) is 0 Å². The van der Waals surface area contributed by atoms with Crippen molar-refractivity contribution in [3.8, 4) is 0 Å². The summed E-state index contributed by atoms with van der Waals surface area (Å²) >= 11 is 1.05. The van der Waals surface area contributed by atoms with Crippen molar-refractivity contribution in [3.05, 3.63) is 20.7 Å². The lowest BCUT2D eigenvalue weighted by Crippen LogP contribution is -2.33. The van der Waals surface area contributed by atoms with E-state index in [1.165, 1.54) is 4.68 Å². The number of aromatic amines is 1. The van der Waals surface area contributed by atoms with Crippen molar-refractivity contribution in [2.75, 3.05) is 31.4 Å². The highest BCUT2D eigenvalue weighted by atomic mass is 32.2. The molecular weight excluding hydrogens is 296 g/mol. The number of anilines is 2. The van der Waals surface area contributed by atoms with Crippen LogP contribution in [-0.4, -0.2) is 50.9 Å². The maximum absolute atomic E-state index is 11.3. The van der Waals surface area contributed by atoms with Gasteiger partial charge in [0.2, 0.25) is 17.1 Å². The molecule has 2 heterocycles. The van der Waals surface area contributed by atoms with E-state index in [2.05, 4.69) is 30.4 Å². The normalized spacial score (nSPS) is 10.5. The quantitative estimate of drug-likeness (QED) is 0.678. The minimum Gasteiger partial charge on any atom is -0.357 e. The van der Waals surface area contributed by atoms with Crippen LogP contribution in [0.1, 0.15) is 0 Å². The Labute approximate surface area is 123 Å². The molecule has 10 nitrogen and oxygen atoms in total. The molecule has 2 rings (SSSR count). The van der Waals surface area contributed by atoms with E-state index in [0.717, 1.165) is 11.8 Å². The summed E-state index contributed by atoms with van der Waals surface area (Å²) in [6, 6.07) is 0. The predicted molar refractivity (Wildman–Crippen MR) is 77.9 cm³/mol. The topological polar surface area (TPSA) is 122 Å². The van der Waals surface area contributed by atoms with Gasteiger partial charge in [-0.05, 0) is 11.8 Å². The Bertz CT molecular complexity index is 768. The number of aromatic nitrogens is 6. The SMILES string of the molecule is CNc1nc(Sc2nc(=O)c(=O)[nH]n2C)nc(N(C)C)n1. The van der Waals surface area contributed by atoms with Gasteiger partial charge in [0.15, 0.2) is 5.16 Å². The molecule has 0 saturated carbocycles. The molecule has 112 valence electrons. The summed E-state index contributed by atoms with van der Waals surface area (Å²) < 4.78 is 1.34. The standard InChI is InChI=1S/C10H14N8O2S/c1-11-7-13-8(17(2)3)15-9(14-7)21-10-12-5(19)6(20)16-18(10)4/h1-4H3,(H,16,20)(H,11,13,14,15). The average molecular weight is 310 g/mol. The molecule has 2 aromatic rings. The summed E-state index contributed by atoms with van der Waals surface area (Å²) in [6.07, 6.45) is 0. The Balaban J connectivity index is 2.44. The molecular formula is C10H14N8O2S. The maximum atomic E-state index is 11.3. The molecule has 0 amide bonds. The van der Waals surface area contributed by atoms with Crippen molar-refractivity contribution in [2.45, 2.75) is 10.3 Å². The van der Waals surface area contributed by atoms with Crippen LogP contribution in [-0.2, 0) is 7.05 Å². The molecule has 2 aromatic heterocycles. The van der Waals surface area contributed by atoms with Gasteiger partial charge in [-0.1, -0.05) is 0 Å². The molecule has 0 aliphatic heterocycles. The van der Waals surface area contributed by atoms with E-state index >= 15 is 0 Å². The van der Waals surface area contributed by atoms with Crippen LogP contribution in [0.5, 0.6) is 0 Å². The Morgan fingerprint density at radius 1 is 1.19 bits per heavy atom. The second kappa shape index (κ2) is 5.91. The fraction of sp³-hybridized carbons (Fsp3) is 0.400. The molecule has 2 N–H and O–H groups in total. The first kappa shape index (κ1) is 15.0. The number of H-pyrrole nitrogens is 1. The second-order valence-corrected chi connectivity index (χ2v) is 5.12. The third-order valence-corrected chi connectivity index (χ3v) is 3.27. The van der Waals surface area contributed by atoms with E-state index in [1.807, 2.05) is 0 Å². The zero-order valence-corrected chi connectivity index (χ0v) is 12.7. The van der Waals surface area contributed by atoms with Gasteiger partial charge in [0.05, 0.1) is 0 Å². The second-order valence-electron chi connectivity index (χ2n) is 4.19. The van der Waals surface area contributed by atoms with E-state index in [1.54, 1.807) is 33.1 Å². The fourth-order valence-corrected chi connectivity index (χ4v) is 2.07. The van der Waals surface area contributed by atoms with Gasteiger partial charge < -0.3 is 10.2 Å². The molecule has 0 unspecified atom stereocenters. The van der Waals surface area contributed by atoms with Crippen LogP contribution in [0.15, 0.2) is 19.9 Å². The first-order valence-electron chi connectivity index (χ1n) is 5.87.